The van der Waals surface area contributed by atoms with Crippen LogP contribution in [0.4, 0.5) is 0 Å². The number of aliphatic hydroxyl groups is 1. The summed E-state index contributed by atoms with van der Waals surface area (Å²) < 4.78 is 10.5. The number of hydrogen-bond donors (Lipinski definition) is 2. The summed E-state index contributed by atoms with van der Waals surface area (Å²) in [6, 6.07) is 0. The fourth-order valence-electron chi connectivity index (χ4n) is 0.815. The lowest BCUT2D eigenvalue weighted by atomic mass is 10.5. The topological polar surface area (TPSA) is 50.7 Å². The van der Waals surface area contributed by atoms with Gasteiger partial charge in [-0.3, -0.25) is 0 Å². The van der Waals surface area contributed by atoms with Crippen molar-refractivity contribution in [3.63, 3.8) is 0 Å². The lowest BCUT2D eigenvalue weighted by Gasteiger charge is -2.05. The molecule has 0 heterocycles. The van der Waals surface area contributed by atoms with Crippen LogP contribution < -0.4 is 5.32 Å². The summed E-state index contributed by atoms with van der Waals surface area (Å²) in [4.78, 5) is 0. The molecular weight excluding hydrogens is 170 g/mol. The van der Waals surface area contributed by atoms with E-state index in [1.807, 2.05) is 0 Å². The molecule has 80 valence electrons. The molecule has 0 rings (SSSR count). The fourth-order valence-corrected chi connectivity index (χ4v) is 0.815. The summed E-state index contributed by atoms with van der Waals surface area (Å²) in [6.07, 6.45) is 1.05. The van der Waals surface area contributed by atoms with Crippen LogP contribution in [0.15, 0.2) is 0 Å². The van der Waals surface area contributed by atoms with E-state index in [0.717, 1.165) is 19.6 Å². The molecule has 13 heavy (non-hydrogen) atoms. The predicted octanol–water partition coefficient (Wildman–Crippen LogP) is 0.0115. The van der Waals surface area contributed by atoms with E-state index in [1.54, 1.807) is 0 Å². The van der Waals surface area contributed by atoms with Crippen LogP contribution in [0.1, 0.15) is 13.3 Å². The number of aliphatic hydroxyl groups excluding tert-OH is 1. The number of nitrogens with one attached hydrogen (secondary N) is 1. The van der Waals surface area contributed by atoms with Crippen LogP contribution in [0.25, 0.3) is 0 Å². The Hall–Kier alpha value is -0.160. The molecule has 0 amide bonds. The average Bonchev–Trinajstić information content (AvgIpc) is 2.16. The van der Waals surface area contributed by atoms with Crippen molar-refractivity contribution in [3.05, 3.63) is 0 Å². The summed E-state index contributed by atoms with van der Waals surface area (Å²) in [7, 11) is 0. The number of rotatable bonds is 10. The third-order valence-electron chi connectivity index (χ3n) is 1.43. The van der Waals surface area contributed by atoms with E-state index in [4.69, 9.17) is 14.6 Å². The second-order valence-electron chi connectivity index (χ2n) is 2.70. The van der Waals surface area contributed by atoms with Crippen LogP contribution >= 0.6 is 0 Å². The van der Waals surface area contributed by atoms with Crippen LogP contribution in [0.3, 0.4) is 0 Å². The van der Waals surface area contributed by atoms with Gasteiger partial charge in [0, 0.05) is 19.7 Å². The molecule has 0 radical (unpaired) electrons. The van der Waals surface area contributed by atoms with Gasteiger partial charge in [-0.1, -0.05) is 6.92 Å². The van der Waals surface area contributed by atoms with Gasteiger partial charge in [-0.15, -0.1) is 0 Å². The molecule has 0 fully saturated rings. The second-order valence-corrected chi connectivity index (χ2v) is 2.70. The molecule has 0 aromatic rings. The minimum atomic E-state index is 0.180. The van der Waals surface area contributed by atoms with Crippen molar-refractivity contribution in [2.45, 2.75) is 13.3 Å². The maximum atomic E-state index is 8.44. The monoisotopic (exact) mass is 191 g/mol. The average molecular weight is 191 g/mol. The van der Waals surface area contributed by atoms with Crippen LogP contribution in [0.2, 0.25) is 0 Å². The van der Waals surface area contributed by atoms with E-state index < -0.39 is 0 Å². The van der Waals surface area contributed by atoms with E-state index in [-0.39, 0.29) is 6.61 Å². The largest absolute Gasteiger partial charge is 0.395 e. The van der Waals surface area contributed by atoms with E-state index in [1.165, 1.54) is 0 Å². The van der Waals surface area contributed by atoms with Crippen molar-refractivity contribution in [1.82, 2.24) is 5.32 Å². The Kier molecular flexibility index (Phi) is 11.7. The van der Waals surface area contributed by atoms with E-state index >= 15 is 0 Å². The van der Waals surface area contributed by atoms with Crippen molar-refractivity contribution < 1.29 is 14.6 Å². The lowest BCUT2D eigenvalue weighted by molar-refractivity contribution is 0.0489. The first-order chi connectivity index (χ1) is 6.41. The Bertz CT molecular complexity index is 80.9. The standard InChI is InChI=1S/C9H21NO3/c1-2-6-12-8-9-13-7-4-10-3-5-11/h10-11H,2-9H2,1H3. The molecule has 0 saturated carbocycles. The lowest BCUT2D eigenvalue weighted by Crippen LogP contribution is -2.23. The molecule has 0 atom stereocenters. The summed E-state index contributed by atoms with van der Waals surface area (Å²) in [5, 5.41) is 11.5. The Morgan fingerprint density at radius 2 is 1.69 bits per heavy atom. The smallest absolute Gasteiger partial charge is 0.0701 e. The quantitative estimate of drug-likeness (QED) is 0.478. The molecule has 2 N–H and O–H groups in total. The van der Waals surface area contributed by atoms with Gasteiger partial charge in [0.15, 0.2) is 0 Å². The van der Waals surface area contributed by atoms with Gasteiger partial charge in [0.05, 0.1) is 26.4 Å². The first-order valence-corrected chi connectivity index (χ1v) is 4.89. The zero-order valence-electron chi connectivity index (χ0n) is 8.42. The summed E-state index contributed by atoms with van der Waals surface area (Å²) in [5.41, 5.74) is 0. The molecule has 4 nitrogen and oxygen atoms in total. The van der Waals surface area contributed by atoms with Crippen LogP contribution in [0, 0.1) is 0 Å². The van der Waals surface area contributed by atoms with Gasteiger partial charge < -0.3 is 19.9 Å². The highest BCUT2D eigenvalue weighted by molar-refractivity contribution is 4.43. The van der Waals surface area contributed by atoms with Gasteiger partial charge >= 0.3 is 0 Å². The van der Waals surface area contributed by atoms with Crippen molar-refractivity contribution in [2.75, 3.05) is 46.1 Å². The number of ether oxygens (including phenoxy) is 2. The molecule has 0 aliphatic rings. The highest BCUT2D eigenvalue weighted by Gasteiger charge is 1.89. The van der Waals surface area contributed by atoms with Gasteiger partial charge in [0.1, 0.15) is 0 Å². The van der Waals surface area contributed by atoms with Gasteiger partial charge in [-0.2, -0.15) is 0 Å². The Morgan fingerprint density at radius 1 is 1.00 bits per heavy atom. The van der Waals surface area contributed by atoms with Crippen molar-refractivity contribution in [1.29, 1.82) is 0 Å². The molecule has 0 aromatic heterocycles. The molecule has 0 aliphatic heterocycles. The van der Waals surface area contributed by atoms with Crippen molar-refractivity contribution in [3.8, 4) is 0 Å². The number of hydrogen-bond acceptors (Lipinski definition) is 4. The SMILES string of the molecule is CCCOCCOCCNCCO. The summed E-state index contributed by atoms with van der Waals surface area (Å²) in [5.74, 6) is 0. The zero-order valence-corrected chi connectivity index (χ0v) is 8.42. The molecule has 4 heteroatoms. The second kappa shape index (κ2) is 11.8. The zero-order chi connectivity index (χ0) is 9.78. The van der Waals surface area contributed by atoms with E-state index in [9.17, 15) is 0 Å². The molecule has 0 aromatic carbocycles. The summed E-state index contributed by atoms with van der Waals surface area (Å²) in [6.45, 7) is 6.50. The third-order valence-corrected chi connectivity index (χ3v) is 1.43. The van der Waals surface area contributed by atoms with E-state index in [0.29, 0.717) is 26.4 Å². The molecule has 0 unspecified atom stereocenters. The van der Waals surface area contributed by atoms with Gasteiger partial charge in [-0.05, 0) is 6.42 Å². The third kappa shape index (κ3) is 11.8. The van der Waals surface area contributed by atoms with Crippen molar-refractivity contribution in [2.24, 2.45) is 0 Å². The molecule has 0 aliphatic carbocycles. The molecule has 0 saturated heterocycles. The Labute approximate surface area is 80.2 Å². The van der Waals surface area contributed by atoms with Gasteiger partial charge in [0.25, 0.3) is 0 Å². The minimum absolute atomic E-state index is 0.180. The maximum absolute atomic E-state index is 8.44. The van der Waals surface area contributed by atoms with Crippen LogP contribution in [-0.2, 0) is 9.47 Å². The van der Waals surface area contributed by atoms with Crippen LogP contribution in [0.5, 0.6) is 0 Å². The molecular formula is C9H21NO3. The normalized spacial score (nSPS) is 10.6. The van der Waals surface area contributed by atoms with E-state index in [2.05, 4.69) is 12.2 Å². The molecule has 0 spiro atoms. The summed E-state index contributed by atoms with van der Waals surface area (Å²) >= 11 is 0. The highest BCUT2D eigenvalue weighted by atomic mass is 16.5. The van der Waals surface area contributed by atoms with Gasteiger partial charge in [0.2, 0.25) is 0 Å². The Morgan fingerprint density at radius 3 is 2.31 bits per heavy atom. The highest BCUT2D eigenvalue weighted by Crippen LogP contribution is 1.81. The first kappa shape index (κ1) is 12.8. The minimum Gasteiger partial charge on any atom is -0.395 e. The van der Waals surface area contributed by atoms with Gasteiger partial charge in [-0.25, -0.2) is 0 Å². The fraction of sp³-hybridized carbons (Fsp3) is 1.00. The van der Waals surface area contributed by atoms with Crippen molar-refractivity contribution >= 4 is 0 Å². The molecule has 0 bridgehead atoms. The first-order valence-electron chi connectivity index (χ1n) is 4.89. The Balaban J connectivity index is 2.76. The maximum Gasteiger partial charge on any atom is 0.0701 e. The predicted molar refractivity (Wildman–Crippen MR) is 51.9 cm³/mol. The van der Waals surface area contributed by atoms with Crippen LogP contribution in [-0.4, -0.2) is 51.2 Å².